The molecule has 0 radical (unpaired) electrons. The highest BCUT2D eigenvalue weighted by molar-refractivity contribution is 7.09. The summed E-state index contributed by atoms with van der Waals surface area (Å²) in [5.41, 5.74) is 0.886. The van der Waals surface area contributed by atoms with Gasteiger partial charge in [0.05, 0.1) is 11.9 Å². The first-order valence-electron chi connectivity index (χ1n) is 7.82. The molecule has 6 nitrogen and oxygen atoms in total. The summed E-state index contributed by atoms with van der Waals surface area (Å²) in [4.78, 5) is 15.5. The zero-order chi connectivity index (χ0) is 14.9. The van der Waals surface area contributed by atoms with Crippen molar-refractivity contribution in [2.45, 2.75) is 44.6 Å². The summed E-state index contributed by atoms with van der Waals surface area (Å²) in [6, 6.07) is 0. The molecule has 7 heteroatoms. The van der Waals surface area contributed by atoms with Crippen LogP contribution in [0.15, 0.2) is 12.4 Å². The largest absolute Gasteiger partial charge is 0.473 e. The van der Waals surface area contributed by atoms with E-state index in [1.807, 2.05) is 6.92 Å². The van der Waals surface area contributed by atoms with Gasteiger partial charge in [-0.2, -0.15) is 4.37 Å². The topological polar surface area (TPSA) is 64.0 Å². The summed E-state index contributed by atoms with van der Waals surface area (Å²) in [5.74, 6) is 2.31. The minimum absolute atomic E-state index is 0.211. The Morgan fingerprint density at radius 1 is 1.14 bits per heavy atom. The zero-order valence-corrected chi connectivity index (χ0v) is 13.4. The Labute approximate surface area is 133 Å². The van der Waals surface area contributed by atoms with Gasteiger partial charge in [0.2, 0.25) is 11.0 Å². The summed E-state index contributed by atoms with van der Waals surface area (Å²) in [6.45, 7) is 3.85. The summed E-state index contributed by atoms with van der Waals surface area (Å²) in [7, 11) is 0. The Bertz CT molecular complexity index is 649. The Hall–Kier alpha value is -1.76. The molecule has 1 aliphatic carbocycles. The molecular weight excluding hydrogens is 298 g/mol. The normalized spacial score (nSPS) is 19.4. The number of nitrogens with zero attached hydrogens (tertiary/aromatic N) is 5. The van der Waals surface area contributed by atoms with Gasteiger partial charge in [-0.3, -0.25) is 4.98 Å². The van der Waals surface area contributed by atoms with Gasteiger partial charge in [0.25, 0.3) is 0 Å². The van der Waals surface area contributed by atoms with Crippen LogP contribution in [0.3, 0.4) is 0 Å². The number of ether oxygens (including phenoxy) is 1. The minimum atomic E-state index is 0.211. The van der Waals surface area contributed by atoms with E-state index in [4.69, 9.17) is 4.74 Å². The van der Waals surface area contributed by atoms with Crippen molar-refractivity contribution in [1.82, 2.24) is 19.3 Å². The average molecular weight is 317 g/mol. The molecule has 2 fully saturated rings. The molecule has 1 aliphatic heterocycles. The maximum Gasteiger partial charge on any atom is 0.232 e. The van der Waals surface area contributed by atoms with E-state index in [-0.39, 0.29) is 6.10 Å². The predicted molar refractivity (Wildman–Crippen MR) is 84.5 cm³/mol. The van der Waals surface area contributed by atoms with E-state index in [1.165, 1.54) is 24.4 Å². The lowest BCUT2D eigenvalue weighted by molar-refractivity contribution is 0.163. The Morgan fingerprint density at radius 2 is 1.95 bits per heavy atom. The lowest BCUT2D eigenvalue weighted by atomic mass is 10.1. The van der Waals surface area contributed by atoms with Gasteiger partial charge in [0.1, 0.15) is 11.9 Å². The van der Waals surface area contributed by atoms with Crippen LogP contribution in [0.5, 0.6) is 5.88 Å². The third-order valence-electron chi connectivity index (χ3n) is 4.11. The Balaban J connectivity index is 1.33. The van der Waals surface area contributed by atoms with Crippen molar-refractivity contribution in [1.29, 1.82) is 0 Å². The molecule has 22 heavy (non-hydrogen) atoms. The van der Waals surface area contributed by atoms with Crippen LogP contribution in [-0.2, 0) is 0 Å². The van der Waals surface area contributed by atoms with E-state index >= 15 is 0 Å². The number of anilines is 1. The number of hydrogen-bond acceptors (Lipinski definition) is 7. The van der Waals surface area contributed by atoms with Gasteiger partial charge < -0.3 is 9.64 Å². The first-order chi connectivity index (χ1) is 10.8. The average Bonchev–Trinajstić information content (AvgIpc) is 3.26. The summed E-state index contributed by atoms with van der Waals surface area (Å²) in [6.07, 6.45) is 8.10. The van der Waals surface area contributed by atoms with Crippen molar-refractivity contribution in [2.75, 3.05) is 18.0 Å². The van der Waals surface area contributed by atoms with Crippen molar-refractivity contribution in [3.05, 3.63) is 23.9 Å². The van der Waals surface area contributed by atoms with Crippen LogP contribution in [0.2, 0.25) is 0 Å². The van der Waals surface area contributed by atoms with Gasteiger partial charge >= 0.3 is 0 Å². The van der Waals surface area contributed by atoms with Crippen molar-refractivity contribution in [3.63, 3.8) is 0 Å². The quantitative estimate of drug-likeness (QED) is 0.863. The first kappa shape index (κ1) is 13.9. The van der Waals surface area contributed by atoms with E-state index in [0.717, 1.165) is 42.6 Å². The van der Waals surface area contributed by atoms with E-state index < -0.39 is 0 Å². The van der Waals surface area contributed by atoms with Gasteiger partial charge in [-0.15, -0.1) is 0 Å². The van der Waals surface area contributed by atoms with Crippen LogP contribution < -0.4 is 9.64 Å². The van der Waals surface area contributed by atoms with Crippen LogP contribution in [0, 0.1) is 6.92 Å². The highest BCUT2D eigenvalue weighted by Crippen LogP contribution is 2.40. The molecule has 0 amide bonds. The molecule has 116 valence electrons. The van der Waals surface area contributed by atoms with E-state index in [0.29, 0.717) is 11.8 Å². The molecule has 1 saturated heterocycles. The van der Waals surface area contributed by atoms with Crippen molar-refractivity contribution in [2.24, 2.45) is 0 Å². The van der Waals surface area contributed by atoms with E-state index in [9.17, 15) is 0 Å². The van der Waals surface area contributed by atoms with Crippen molar-refractivity contribution < 1.29 is 4.74 Å². The number of rotatable bonds is 4. The lowest BCUT2D eigenvalue weighted by Gasteiger charge is -2.31. The third-order valence-corrected chi connectivity index (χ3v) is 4.90. The number of aromatic nitrogens is 4. The molecule has 0 atom stereocenters. The van der Waals surface area contributed by atoms with Gasteiger partial charge in [-0.1, -0.05) is 0 Å². The minimum Gasteiger partial charge on any atom is -0.473 e. The molecule has 2 aromatic rings. The van der Waals surface area contributed by atoms with E-state index in [1.54, 1.807) is 12.4 Å². The lowest BCUT2D eigenvalue weighted by Crippen LogP contribution is -2.38. The molecular formula is C15H19N5OS. The highest BCUT2D eigenvalue weighted by Gasteiger charge is 2.29. The second-order valence-corrected chi connectivity index (χ2v) is 6.74. The number of piperidine rings is 1. The molecule has 4 rings (SSSR count). The molecule has 0 bridgehead atoms. The van der Waals surface area contributed by atoms with E-state index in [2.05, 4.69) is 24.2 Å². The molecule has 0 N–H and O–H groups in total. The number of aryl methyl sites for hydroxylation is 1. The molecule has 1 saturated carbocycles. The SMILES string of the molecule is Cc1cncc(OC2CCN(c3nc(C4CC4)ns3)CC2)n1. The zero-order valence-electron chi connectivity index (χ0n) is 12.6. The third kappa shape index (κ3) is 3.04. The number of hydrogen-bond donors (Lipinski definition) is 0. The van der Waals surface area contributed by atoms with Crippen LogP contribution in [0.1, 0.15) is 43.1 Å². The summed E-state index contributed by atoms with van der Waals surface area (Å²) in [5, 5.41) is 1.07. The second kappa shape index (κ2) is 5.79. The first-order valence-corrected chi connectivity index (χ1v) is 8.59. The molecule has 2 aliphatic rings. The summed E-state index contributed by atoms with van der Waals surface area (Å²) >= 11 is 1.53. The highest BCUT2D eigenvalue weighted by atomic mass is 32.1. The van der Waals surface area contributed by atoms with Crippen molar-refractivity contribution in [3.8, 4) is 5.88 Å². The van der Waals surface area contributed by atoms with Gasteiger partial charge in [-0.25, -0.2) is 9.97 Å². The van der Waals surface area contributed by atoms with Gasteiger partial charge in [0.15, 0.2) is 0 Å². The summed E-state index contributed by atoms with van der Waals surface area (Å²) < 4.78 is 10.4. The van der Waals surface area contributed by atoms with Crippen LogP contribution in [0.25, 0.3) is 0 Å². The van der Waals surface area contributed by atoms with Crippen LogP contribution in [-0.4, -0.2) is 38.5 Å². The predicted octanol–water partition coefficient (Wildman–Crippen LogP) is 2.56. The maximum atomic E-state index is 5.94. The Morgan fingerprint density at radius 3 is 2.68 bits per heavy atom. The van der Waals surface area contributed by atoms with Crippen molar-refractivity contribution >= 4 is 16.7 Å². The van der Waals surface area contributed by atoms with Crippen LogP contribution >= 0.6 is 11.5 Å². The van der Waals surface area contributed by atoms with Crippen LogP contribution in [0.4, 0.5) is 5.13 Å². The maximum absolute atomic E-state index is 5.94. The standard InChI is InChI=1S/C15H19N5OS/c1-10-8-16-9-13(17-10)21-12-4-6-20(7-5-12)15-18-14(19-22-15)11-2-3-11/h8-9,11-12H,2-7H2,1H3. The molecule has 0 aromatic carbocycles. The second-order valence-electron chi connectivity index (χ2n) is 6.01. The van der Waals surface area contributed by atoms with Gasteiger partial charge in [0, 0.05) is 49.6 Å². The molecule has 3 heterocycles. The molecule has 0 spiro atoms. The molecule has 2 aromatic heterocycles. The monoisotopic (exact) mass is 317 g/mol. The molecule has 0 unspecified atom stereocenters. The Kier molecular flexibility index (Phi) is 3.65. The fourth-order valence-corrected chi connectivity index (χ4v) is 3.49. The fraction of sp³-hybridized carbons (Fsp3) is 0.600. The van der Waals surface area contributed by atoms with Gasteiger partial charge in [-0.05, 0) is 19.8 Å². The smallest absolute Gasteiger partial charge is 0.232 e. The fourth-order valence-electron chi connectivity index (χ4n) is 2.70.